The minimum Gasteiger partial charge on any atom is -0.496 e. The third kappa shape index (κ3) is 7.00. The first-order valence-corrected chi connectivity index (χ1v) is 9.40. The number of benzene rings is 1. The summed E-state index contributed by atoms with van der Waals surface area (Å²) in [6.07, 6.45) is 1.84. The van der Waals surface area contributed by atoms with Gasteiger partial charge in [0, 0.05) is 38.3 Å². The molecule has 1 aliphatic carbocycles. The number of carbonyl (C=O) groups excluding carboxylic acids is 1. The molecule has 0 heterocycles. The molecule has 1 aromatic carbocycles. The normalized spacial score (nSPS) is 14.5. The van der Waals surface area contributed by atoms with E-state index in [1.807, 2.05) is 49.9 Å². The van der Waals surface area contributed by atoms with Gasteiger partial charge in [0.05, 0.1) is 7.11 Å². The zero-order chi connectivity index (χ0) is 19.9. The van der Waals surface area contributed by atoms with Gasteiger partial charge >= 0.3 is 6.09 Å². The quantitative estimate of drug-likeness (QED) is 0.565. The molecule has 2 rings (SSSR count). The molecular formula is C20H32N4O3. The summed E-state index contributed by atoms with van der Waals surface area (Å²) in [7, 11) is 3.39. The number of nitrogens with zero attached hydrogens (tertiary/aromatic N) is 2. The number of guanidine groups is 1. The maximum Gasteiger partial charge on any atom is 0.410 e. The summed E-state index contributed by atoms with van der Waals surface area (Å²) < 4.78 is 10.9. The van der Waals surface area contributed by atoms with E-state index < -0.39 is 5.60 Å². The van der Waals surface area contributed by atoms with E-state index in [0.717, 1.165) is 24.2 Å². The molecule has 0 spiro atoms. The van der Waals surface area contributed by atoms with Gasteiger partial charge in [0.25, 0.3) is 0 Å². The van der Waals surface area contributed by atoms with E-state index in [9.17, 15) is 4.79 Å². The maximum atomic E-state index is 12.4. The number of nitrogens with one attached hydrogen (secondary N) is 2. The molecule has 0 unspecified atom stereocenters. The molecule has 0 bridgehead atoms. The number of amides is 1. The number of para-hydroxylation sites is 1. The highest BCUT2D eigenvalue weighted by Crippen LogP contribution is 2.28. The van der Waals surface area contributed by atoms with Gasteiger partial charge in [0.1, 0.15) is 11.4 Å². The highest BCUT2D eigenvalue weighted by Gasteiger charge is 2.34. The van der Waals surface area contributed by atoms with Crippen LogP contribution in [-0.4, -0.2) is 55.8 Å². The molecule has 0 radical (unpaired) electrons. The first-order chi connectivity index (χ1) is 12.8. The van der Waals surface area contributed by atoms with Crippen molar-refractivity contribution >= 4 is 12.1 Å². The lowest BCUT2D eigenvalue weighted by Crippen LogP contribution is -2.45. The predicted octanol–water partition coefficient (Wildman–Crippen LogP) is 2.76. The van der Waals surface area contributed by atoms with Crippen molar-refractivity contribution in [3.05, 3.63) is 29.8 Å². The fraction of sp³-hybridized carbons (Fsp3) is 0.600. The number of carbonyl (C=O) groups is 1. The molecule has 0 saturated heterocycles. The van der Waals surface area contributed by atoms with E-state index in [0.29, 0.717) is 31.6 Å². The minimum absolute atomic E-state index is 0.247. The van der Waals surface area contributed by atoms with Gasteiger partial charge in [-0.1, -0.05) is 18.2 Å². The smallest absolute Gasteiger partial charge is 0.410 e. The zero-order valence-electron chi connectivity index (χ0n) is 17.0. The SMILES string of the molecule is CN=C(NCCN(C(=O)OC(C)(C)C)C1CC1)NCc1ccccc1OC. The van der Waals surface area contributed by atoms with Crippen molar-refractivity contribution in [1.82, 2.24) is 15.5 Å². The Balaban J connectivity index is 1.81. The average molecular weight is 377 g/mol. The van der Waals surface area contributed by atoms with Crippen molar-refractivity contribution in [2.45, 2.75) is 51.8 Å². The molecule has 1 aliphatic rings. The van der Waals surface area contributed by atoms with Gasteiger partial charge in [-0.25, -0.2) is 4.79 Å². The van der Waals surface area contributed by atoms with Crippen molar-refractivity contribution in [2.24, 2.45) is 4.99 Å². The number of ether oxygens (including phenoxy) is 2. The van der Waals surface area contributed by atoms with Crippen LogP contribution in [0.3, 0.4) is 0 Å². The second-order valence-electron chi connectivity index (χ2n) is 7.57. The van der Waals surface area contributed by atoms with Gasteiger partial charge in [-0.05, 0) is 39.7 Å². The van der Waals surface area contributed by atoms with Gasteiger partial charge in [-0.2, -0.15) is 0 Å². The van der Waals surface area contributed by atoms with Gasteiger partial charge in [-0.15, -0.1) is 0 Å². The molecule has 0 atom stereocenters. The van der Waals surface area contributed by atoms with Crippen molar-refractivity contribution in [3.8, 4) is 5.75 Å². The monoisotopic (exact) mass is 376 g/mol. The molecular weight excluding hydrogens is 344 g/mol. The van der Waals surface area contributed by atoms with E-state index in [1.165, 1.54) is 0 Å². The molecule has 27 heavy (non-hydrogen) atoms. The molecule has 2 N–H and O–H groups in total. The lowest BCUT2D eigenvalue weighted by molar-refractivity contribution is 0.0238. The average Bonchev–Trinajstić information content (AvgIpc) is 3.44. The van der Waals surface area contributed by atoms with E-state index in [1.54, 1.807) is 14.2 Å². The Morgan fingerprint density at radius 1 is 1.26 bits per heavy atom. The van der Waals surface area contributed by atoms with Gasteiger partial charge in [0.15, 0.2) is 5.96 Å². The Labute approximate surface area is 162 Å². The minimum atomic E-state index is -0.482. The molecule has 1 saturated carbocycles. The number of hydrogen-bond donors (Lipinski definition) is 2. The molecule has 150 valence electrons. The summed E-state index contributed by atoms with van der Waals surface area (Å²) >= 11 is 0. The summed E-state index contributed by atoms with van der Waals surface area (Å²) in [4.78, 5) is 18.4. The maximum absolute atomic E-state index is 12.4. The van der Waals surface area contributed by atoms with Crippen molar-refractivity contribution < 1.29 is 14.3 Å². The van der Waals surface area contributed by atoms with Gasteiger partial charge in [0.2, 0.25) is 0 Å². The summed E-state index contributed by atoms with van der Waals surface area (Å²) in [5, 5.41) is 6.53. The lowest BCUT2D eigenvalue weighted by Gasteiger charge is -2.27. The topological polar surface area (TPSA) is 75.2 Å². The second kappa shape index (κ2) is 9.48. The fourth-order valence-electron chi connectivity index (χ4n) is 2.67. The van der Waals surface area contributed by atoms with Crippen molar-refractivity contribution in [2.75, 3.05) is 27.2 Å². The van der Waals surface area contributed by atoms with Crippen LogP contribution >= 0.6 is 0 Å². The number of methoxy groups -OCH3 is 1. The predicted molar refractivity (Wildman–Crippen MR) is 107 cm³/mol. The first-order valence-electron chi connectivity index (χ1n) is 9.40. The number of hydrogen-bond acceptors (Lipinski definition) is 4. The van der Waals surface area contributed by atoms with Crippen LogP contribution in [0.2, 0.25) is 0 Å². The lowest BCUT2D eigenvalue weighted by atomic mass is 10.2. The van der Waals surface area contributed by atoms with E-state index >= 15 is 0 Å². The van der Waals surface area contributed by atoms with Crippen LogP contribution in [0.25, 0.3) is 0 Å². The van der Waals surface area contributed by atoms with Crippen LogP contribution in [0.5, 0.6) is 5.75 Å². The molecule has 7 heteroatoms. The second-order valence-corrected chi connectivity index (χ2v) is 7.57. The molecule has 1 fully saturated rings. The summed E-state index contributed by atoms with van der Waals surface area (Å²) in [6, 6.07) is 8.16. The zero-order valence-corrected chi connectivity index (χ0v) is 17.0. The molecule has 0 aromatic heterocycles. The van der Waals surface area contributed by atoms with Crippen molar-refractivity contribution in [3.63, 3.8) is 0 Å². The highest BCUT2D eigenvalue weighted by molar-refractivity contribution is 5.79. The molecule has 7 nitrogen and oxygen atoms in total. The molecule has 1 aromatic rings. The van der Waals surface area contributed by atoms with Crippen LogP contribution < -0.4 is 15.4 Å². The number of aliphatic imine (C=N–C) groups is 1. The molecule has 0 aliphatic heterocycles. The van der Waals surface area contributed by atoms with Crippen LogP contribution in [-0.2, 0) is 11.3 Å². The highest BCUT2D eigenvalue weighted by atomic mass is 16.6. The number of rotatable bonds is 7. The standard InChI is InChI=1S/C20H32N4O3/c1-20(2,3)27-19(25)24(16-10-11-16)13-12-22-18(21-4)23-14-15-8-6-7-9-17(15)26-5/h6-9,16H,10-14H2,1-5H3,(H2,21,22,23). The third-order valence-corrected chi connectivity index (χ3v) is 4.12. The Kier molecular flexibility index (Phi) is 7.33. The Morgan fingerprint density at radius 2 is 1.96 bits per heavy atom. The van der Waals surface area contributed by atoms with Crippen LogP contribution in [0.1, 0.15) is 39.2 Å². The third-order valence-electron chi connectivity index (χ3n) is 4.12. The molecule has 1 amide bonds. The van der Waals surface area contributed by atoms with E-state index in [2.05, 4.69) is 15.6 Å². The Morgan fingerprint density at radius 3 is 2.56 bits per heavy atom. The summed E-state index contributed by atoms with van der Waals surface area (Å²) in [5.74, 6) is 1.52. The Hall–Kier alpha value is -2.44. The van der Waals surface area contributed by atoms with Gasteiger partial charge < -0.3 is 25.0 Å². The van der Waals surface area contributed by atoms with Crippen LogP contribution in [0, 0.1) is 0 Å². The Bertz CT molecular complexity index is 651. The van der Waals surface area contributed by atoms with E-state index in [4.69, 9.17) is 9.47 Å². The summed E-state index contributed by atoms with van der Waals surface area (Å²) in [6.45, 7) is 7.44. The first kappa shape index (κ1) is 20.9. The fourth-order valence-corrected chi connectivity index (χ4v) is 2.67. The van der Waals surface area contributed by atoms with E-state index in [-0.39, 0.29) is 6.09 Å². The van der Waals surface area contributed by atoms with Crippen LogP contribution in [0.15, 0.2) is 29.3 Å². The largest absolute Gasteiger partial charge is 0.496 e. The van der Waals surface area contributed by atoms with Crippen molar-refractivity contribution in [1.29, 1.82) is 0 Å². The van der Waals surface area contributed by atoms with Crippen LogP contribution in [0.4, 0.5) is 4.79 Å². The summed E-state index contributed by atoms with van der Waals surface area (Å²) in [5.41, 5.74) is 0.570. The van der Waals surface area contributed by atoms with Gasteiger partial charge in [-0.3, -0.25) is 4.99 Å².